The molecule has 134 valence electrons. The standard InChI is InChI=1S/C18H11Cl2F3N2O/c19-14-7-13(8-15(20)9-14)17(18(21,22)23)10-16(25-26-17)12-3-1-11(2-4-12)5-6-24/h1-4,7-9H,5,10H2. The molecular formula is C18H11Cl2F3N2O. The van der Waals surface area contributed by atoms with Gasteiger partial charge in [-0.1, -0.05) is 52.6 Å². The molecule has 1 atom stereocenters. The average molecular weight is 399 g/mol. The van der Waals surface area contributed by atoms with E-state index in [9.17, 15) is 13.2 Å². The molecule has 3 rings (SSSR count). The molecule has 0 saturated heterocycles. The minimum Gasteiger partial charge on any atom is -0.374 e. The molecule has 2 aromatic carbocycles. The smallest absolute Gasteiger partial charge is 0.374 e. The second kappa shape index (κ2) is 6.82. The Morgan fingerprint density at radius 1 is 1.12 bits per heavy atom. The van der Waals surface area contributed by atoms with Gasteiger partial charge in [-0.25, -0.2) is 0 Å². The summed E-state index contributed by atoms with van der Waals surface area (Å²) in [6.07, 6.45) is -5.02. The van der Waals surface area contributed by atoms with E-state index in [1.165, 1.54) is 18.2 Å². The zero-order valence-electron chi connectivity index (χ0n) is 13.1. The third-order valence-electron chi connectivity index (χ3n) is 4.09. The summed E-state index contributed by atoms with van der Waals surface area (Å²) in [6, 6.07) is 12.3. The van der Waals surface area contributed by atoms with Crippen molar-refractivity contribution in [2.75, 3.05) is 0 Å². The van der Waals surface area contributed by atoms with E-state index in [1.807, 2.05) is 6.07 Å². The van der Waals surface area contributed by atoms with Gasteiger partial charge in [0.2, 0.25) is 0 Å². The molecule has 1 unspecified atom stereocenters. The maximum atomic E-state index is 13.9. The summed E-state index contributed by atoms with van der Waals surface area (Å²) in [5, 5.41) is 12.5. The molecule has 1 heterocycles. The number of nitriles is 1. The maximum absolute atomic E-state index is 13.9. The van der Waals surface area contributed by atoms with Gasteiger partial charge in [-0.2, -0.15) is 18.4 Å². The van der Waals surface area contributed by atoms with Gasteiger partial charge in [-0.3, -0.25) is 0 Å². The van der Waals surface area contributed by atoms with Crippen molar-refractivity contribution >= 4 is 28.9 Å². The highest BCUT2D eigenvalue weighted by Gasteiger charge is 2.62. The van der Waals surface area contributed by atoms with Gasteiger partial charge in [-0.15, -0.1) is 0 Å². The number of oxime groups is 1. The Balaban J connectivity index is 1.97. The fourth-order valence-corrected chi connectivity index (χ4v) is 3.28. The Morgan fingerprint density at radius 2 is 1.73 bits per heavy atom. The number of hydrogen-bond donors (Lipinski definition) is 0. The zero-order chi connectivity index (χ0) is 18.9. The van der Waals surface area contributed by atoms with E-state index < -0.39 is 18.2 Å². The molecule has 0 N–H and O–H groups in total. The number of hydrogen-bond acceptors (Lipinski definition) is 3. The van der Waals surface area contributed by atoms with Gasteiger partial charge >= 0.3 is 6.18 Å². The van der Waals surface area contributed by atoms with Crippen molar-refractivity contribution < 1.29 is 18.0 Å². The van der Waals surface area contributed by atoms with Gasteiger partial charge in [0.1, 0.15) is 0 Å². The molecule has 8 heteroatoms. The second-order valence-electron chi connectivity index (χ2n) is 5.82. The lowest BCUT2D eigenvalue weighted by molar-refractivity contribution is -0.275. The van der Waals surface area contributed by atoms with E-state index in [4.69, 9.17) is 33.3 Å². The van der Waals surface area contributed by atoms with Crippen molar-refractivity contribution in [2.24, 2.45) is 5.16 Å². The highest BCUT2D eigenvalue weighted by Crippen LogP contribution is 2.49. The van der Waals surface area contributed by atoms with E-state index in [1.54, 1.807) is 24.3 Å². The lowest BCUT2D eigenvalue weighted by Gasteiger charge is -2.29. The van der Waals surface area contributed by atoms with Crippen LogP contribution in [0.3, 0.4) is 0 Å². The van der Waals surface area contributed by atoms with Crippen LogP contribution in [0.4, 0.5) is 13.2 Å². The molecule has 0 radical (unpaired) electrons. The lowest BCUT2D eigenvalue weighted by Crippen LogP contribution is -2.42. The molecule has 1 aliphatic heterocycles. The topological polar surface area (TPSA) is 45.4 Å². The number of nitrogens with zero attached hydrogens (tertiary/aromatic N) is 2. The quantitative estimate of drug-likeness (QED) is 0.671. The summed E-state index contributed by atoms with van der Waals surface area (Å²) in [6.45, 7) is 0. The van der Waals surface area contributed by atoms with E-state index in [2.05, 4.69) is 5.16 Å². The Hall–Kier alpha value is -2.23. The predicted molar refractivity (Wildman–Crippen MR) is 92.2 cm³/mol. The highest BCUT2D eigenvalue weighted by molar-refractivity contribution is 6.34. The van der Waals surface area contributed by atoms with Crippen LogP contribution in [0.5, 0.6) is 0 Å². The highest BCUT2D eigenvalue weighted by atomic mass is 35.5. The van der Waals surface area contributed by atoms with Crippen molar-refractivity contribution in [1.29, 1.82) is 5.26 Å². The van der Waals surface area contributed by atoms with Crippen LogP contribution >= 0.6 is 23.2 Å². The van der Waals surface area contributed by atoms with Crippen molar-refractivity contribution in [3.05, 3.63) is 69.2 Å². The lowest BCUT2D eigenvalue weighted by atomic mass is 9.86. The maximum Gasteiger partial charge on any atom is 0.435 e. The van der Waals surface area contributed by atoms with Gasteiger partial charge in [0.25, 0.3) is 5.60 Å². The largest absolute Gasteiger partial charge is 0.435 e. The molecule has 0 aliphatic carbocycles. The van der Waals surface area contributed by atoms with Gasteiger partial charge in [-0.05, 0) is 29.3 Å². The van der Waals surface area contributed by atoms with Gasteiger partial charge < -0.3 is 4.84 Å². The summed E-state index contributed by atoms with van der Waals surface area (Å²) in [5.74, 6) is 0. The molecule has 0 saturated carbocycles. The van der Waals surface area contributed by atoms with Crippen LogP contribution < -0.4 is 0 Å². The Morgan fingerprint density at radius 3 is 2.27 bits per heavy atom. The van der Waals surface area contributed by atoms with Crippen LogP contribution in [0.25, 0.3) is 0 Å². The van der Waals surface area contributed by atoms with Crippen LogP contribution in [0.15, 0.2) is 47.6 Å². The monoisotopic (exact) mass is 398 g/mol. The van der Waals surface area contributed by atoms with Gasteiger partial charge in [0, 0.05) is 22.0 Å². The van der Waals surface area contributed by atoms with Crippen LogP contribution in [-0.2, 0) is 16.9 Å². The average Bonchev–Trinajstić information content (AvgIpc) is 3.01. The van der Waals surface area contributed by atoms with Crippen molar-refractivity contribution in [2.45, 2.75) is 24.6 Å². The number of benzene rings is 2. The minimum atomic E-state index is -4.73. The molecule has 0 spiro atoms. The molecule has 3 nitrogen and oxygen atoms in total. The normalized spacial score (nSPS) is 19.6. The first kappa shape index (κ1) is 18.6. The molecule has 0 bridgehead atoms. The Bertz CT molecular complexity index is 884. The predicted octanol–water partition coefficient (Wildman–Crippen LogP) is 5.64. The molecule has 1 aliphatic rings. The van der Waals surface area contributed by atoms with E-state index >= 15 is 0 Å². The zero-order valence-corrected chi connectivity index (χ0v) is 14.7. The molecule has 26 heavy (non-hydrogen) atoms. The number of halogens is 5. The third kappa shape index (κ3) is 3.37. The summed E-state index contributed by atoms with van der Waals surface area (Å²) < 4.78 is 41.7. The van der Waals surface area contributed by atoms with Gasteiger partial charge in [0.05, 0.1) is 18.2 Å². The number of rotatable bonds is 3. The van der Waals surface area contributed by atoms with Crippen LogP contribution in [0.1, 0.15) is 23.1 Å². The summed E-state index contributed by atoms with van der Waals surface area (Å²) in [5.41, 5.74) is -1.45. The first-order chi connectivity index (χ1) is 12.2. The molecular weight excluding hydrogens is 388 g/mol. The first-order valence-corrected chi connectivity index (χ1v) is 8.25. The third-order valence-corrected chi connectivity index (χ3v) is 4.52. The van der Waals surface area contributed by atoms with Crippen molar-refractivity contribution in [3.63, 3.8) is 0 Å². The minimum absolute atomic E-state index is 0.0778. The van der Waals surface area contributed by atoms with Crippen molar-refractivity contribution in [1.82, 2.24) is 0 Å². The van der Waals surface area contributed by atoms with Crippen LogP contribution in [0.2, 0.25) is 10.0 Å². The van der Waals surface area contributed by atoms with E-state index in [-0.39, 0.29) is 27.7 Å². The molecule has 0 amide bonds. The Labute approximate surface area is 157 Å². The van der Waals surface area contributed by atoms with E-state index in [0.29, 0.717) is 5.56 Å². The summed E-state index contributed by atoms with van der Waals surface area (Å²) in [7, 11) is 0. The summed E-state index contributed by atoms with van der Waals surface area (Å²) >= 11 is 11.7. The molecule has 2 aromatic rings. The second-order valence-corrected chi connectivity index (χ2v) is 6.69. The van der Waals surface area contributed by atoms with Gasteiger partial charge in [0.15, 0.2) is 0 Å². The van der Waals surface area contributed by atoms with Crippen molar-refractivity contribution in [3.8, 4) is 6.07 Å². The molecule has 0 fully saturated rings. The Kier molecular flexibility index (Phi) is 4.87. The SMILES string of the molecule is N#CCc1ccc(C2=NOC(c3cc(Cl)cc(Cl)c3)(C(F)(F)F)C2)cc1. The number of alkyl halides is 3. The fourth-order valence-electron chi connectivity index (χ4n) is 2.75. The summed E-state index contributed by atoms with van der Waals surface area (Å²) in [4.78, 5) is 4.94. The first-order valence-electron chi connectivity index (χ1n) is 7.50. The van der Waals surface area contributed by atoms with Crippen LogP contribution in [-0.4, -0.2) is 11.9 Å². The van der Waals surface area contributed by atoms with Crippen LogP contribution in [0, 0.1) is 11.3 Å². The van der Waals surface area contributed by atoms with E-state index in [0.717, 1.165) is 5.56 Å². The molecule has 0 aromatic heterocycles. The fraction of sp³-hybridized carbons (Fsp3) is 0.222.